The Morgan fingerprint density at radius 2 is 0.779 bits per heavy atom. The standard InChI is InChI=1S/C58H114NO8P/c1-6-8-10-12-14-16-18-19-20-21-22-23-24-25-26-27-28-29-30-31-32-33-34-35-36-37-38-39-40-41-43-44-46-48-50-57(60)64-54-56(55-66-68(62,63)65-53-52-59(3,4)5)67-58(61)51-49-47-45-42-17-15-13-11-9-7-2/h11,13,56H,6-10,12,14-55H2,1-5H3/b13-11-. The van der Waals surface area contributed by atoms with Crippen LogP contribution in [0.5, 0.6) is 0 Å². The molecule has 0 fully saturated rings. The van der Waals surface area contributed by atoms with Crippen LogP contribution in [0.3, 0.4) is 0 Å². The molecule has 9 nitrogen and oxygen atoms in total. The maximum atomic E-state index is 12.7. The van der Waals surface area contributed by atoms with Crippen LogP contribution in [0.25, 0.3) is 0 Å². The lowest BCUT2D eigenvalue weighted by Crippen LogP contribution is -2.37. The van der Waals surface area contributed by atoms with Gasteiger partial charge in [-0.05, 0) is 32.1 Å². The van der Waals surface area contributed by atoms with Gasteiger partial charge in [-0.3, -0.25) is 14.2 Å². The maximum Gasteiger partial charge on any atom is 0.306 e. The van der Waals surface area contributed by atoms with E-state index in [9.17, 15) is 19.0 Å². The normalized spacial score (nSPS) is 13.3. The first-order valence-electron chi connectivity index (χ1n) is 29.4. The third-order valence-electron chi connectivity index (χ3n) is 13.3. The minimum Gasteiger partial charge on any atom is -0.756 e. The van der Waals surface area contributed by atoms with Gasteiger partial charge in [0, 0.05) is 12.8 Å². The topological polar surface area (TPSA) is 111 Å². The molecule has 404 valence electrons. The molecular weight excluding hydrogens is 870 g/mol. The second kappa shape index (κ2) is 50.7. The van der Waals surface area contributed by atoms with Crippen molar-refractivity contribution >= 4 is 19.8 Å². The molecular formula is C58H114NO8P. The molecule has 0 aromatic rings. The molecule has 0 aliphatic rings. The van der Waals surface area contributed by atoms with E-state index in [1.165, 1.54) is 205 Å². The summed E-state index contributed by atoms with van der Waals surface area (Å²) in [6.45, 7) is 4.20. The van der Waals surface area contributed by atoms with Gasteiger partial charge >= 0.3 is 11.9 Å². The first-order chi connectivity index (χ1) is 33.0. The number of hydrogen-bond acceptors (Lipinski definition) is 8. The van der Waals surface area contributed by atoms with Crippen molar-refractivity contribution in [3.05, 3.63) is 12.2 Å². The Kier molecular flexibility index (Phi) is 49.8. The number of ether oxygens (including phenoxy) is 2. The number of unbranched alkanes of at least 4 members (excludes halogenated alkanes) is 39. The Labute approximate surface area is 422 Å². The SMILES string of the molecule is CCC/C=C\CCCCCCCC(=O)OC(COC(=O)CCCCCCCCCCCCCCCCCCCCCCCCCCCCCCCCCCCC)COP(=O)([O-])OCC[N+](C)(C)C. The molecule has 0 rings (SSSR count). The van der Waals surface area contributed by atoms with Gasteiger partial charge in [-0.25, -0.2) is 0 Å². The molecule has 2 unspecified atom stereocenters. The Morgan fingerprint density at radius 1 is 0.441 bits per heavy atom. The molecule has 0 N–H and O–H groups in total. The van der Waals surface area contributed by atoms with Crippen molar-refractivity contribution in [1.29, 1.82) is 0 Å². The molecule has 0 bridgehead atoms. The zero-order chi connectivity index (χ0) is 49.9. The van der Waals surface area contributed by atoms with E-state index >= 15 is 0 Å². The molecule has 0 radical (unpaired) electrons. The number of nitrogens with zero attached hydrogens (tertiary/aromatic N) is 1. The second-order valence-corrected chi connectivity index (χ2v) is 22.8. The molecule has 0 aromatic carbocycles. The summed E-state index contributed by atoms with van der Waals surface area (Å²) in [7, 11) is 1.17. The number of quaternary nitrogens is 1. The predicted molar refractivity (Wildman–Crippen MR) is 287 cm³/mol. The number of phosphoric ester groups is 1. The fraction of sp³-hybridized carbons (Fsp3) is 0.931. The van der Waals surface area contributed by atoms with Crippen LogP contribution in [0, 0.1) is 0 Å². The molecule has 0 saturated carbocycles. The number of phosphoric acid groups is 1. The minimum absolute atomic E-state index is 0.0293. The average Bonchev–Trinajstić information content (AvgIpc) is 3.30. The van der Waals surface area contributed by atoms with Gasteiger partial charge in [0.05, 0.1) is 27.7 Å². The van der Waals surface area contributed by atoms with E-state index < -0.39 is 26.5 Å². The lowest BCUT2D eigenvalue weighted by Gasteiger charge is -2.28. The van der Waals surface area contributed by atoms with Crippen LogP contribution in [0.4, 0.5) is 0 Å². The van der Waals surface area contributed by atoms with Gasteiger partial charge in [0.2, 0.25) is 0 Å². The van der Waals surface area contributed by atoms with Gasteiger partial charge in [0.15, 0.2) is 6.10 Å². The zero-order valence-corrected chi connectivity index (χ0v) is 46.7. The number of carbonyl (C=O) groups excluding carboxylic acids is 2. The van der Waals surface area contributed by atoms with Crippen LogP contribution >= 0.6 is 7.82 Å². The van der Waals surface area contributed by atoms with Crippen molar-refractivity contribution < 1.29 is 42.1 Å². The molecule has 0 heterocycles. The molecule has 0 aliphatic carbocycles. The van der Waals surface area contributed by atoms with Crippen LogP contribution in [0.15, 0.2) is 12.2 Å². The first-order valence-corrected chi connectivity index (χ1v) is 30.9. The van der Waals surface area contributed by atoms with E-state index in [2.05, 4.69) is 26.0 Å². The van der Waals surface area contributed by atoms with Gasteiger partial charge in [-0.2, -0.15) is 0 Å². The molecule has 0 saturated heterocycles. The minimum atomic E-state index is -4.62. The number of allylic oxidation sites excluding steroid dienone is 2. The number of hydrogen-bond donors (Lipinski definition) is 0. The van der Waals surface area contributed by atoms with Crippen LogP contribution in [0.2, 0.25) is 0 Å². The monoisotopic (exact) mass is 984 g/mol. The zero-order valence-electron chi connectivity index (χ0n) is 45.8. The molecule has 0 spiro atoms. The predicted octanol–water partition coefficient (Wildman–Crippen LogP) is 17.4. The van der Waals surface area contributed by atoms with Crippen molar-refractivity contribution in [3.63, 3.8) is 0 Å². The average molecular weight is 985 g/mol. The van der Waals surface area contributed by atoms with E-state index in [1.54, 1.807) is 0 Å². The van der Waals surface area contributed by atoms with E-state index in [-0.39, 0.29) is 32.0 Å². The van der Waals surface area contributed by atoms with Crippen LogP contribution in [-0.4, -0.2) is 70.0 Å². The number of likely N-dealkylation sites (N-methyl/N-ethyl adjacent to an activating group) is 1. The van der Waals surface area contributed by atoms with Gasteiger partial charge < -0.3 is 27.9 Å². The highest BCUT2D eigenvalue weighted by molar-refractivity contribution is 7.45. The van der Waals surface area contributed by atoms with Crippen molar-refractivity contribution in [2.45, 2.75) is 302 Å². The van der Waals surface area contributed by atoms with Crippen molar-refractivity contribution in [2.75, 3.05) is 47.5 Å². The summed E-state index contributed by atoms with van der Waals surface area (Å²) in [5.74, 6) is -0.832. The molecule has 10 heteroatoms. The van der Waals surface area contributed by atoms with Gasteiger partial charge in [0.25, 0.3) is 7.82 Å². The fourth-order valence-electron chi connectivity index (χ4n) is 8.72. The van der Waals surface area contributed by atoms with Crippen LogP contribution < -0.4 is 4.89 Å². The Morgan fingerprint density at radius 3 is 1.15 bits per heavy atom. The highest BCUT2D eigenvalue weighted by Gasteiger charge is 2.22. The lowest BCUT2D eigenvalue weighted by molar-refractivity contribution is -0.870. The lowest BCUT2D eigenvalue weighted by atomic mass is 10.0. The van der Waals surface area contributed by atoms with Gasteiger partial charge in [0.1, 0.15) is 19.8 Å². The smallest absolute Gasteiger partial charge is 0.306 e. The summed E-state index contributed by atoms with van der Waals surface area (Å²) >= 11 is 0. The summed E-state index contributed by atoms with van der Waals surface area (Å²) in [5, 5.41) is 0. The van der Waals surface area contributed by atoms with Crippen LogP contribution in [0.1, 0.15) is 296 Å². The summed E-state index contributed by atoms with van der Waals surface area (Å²) in [6, 6.07) is 0. The summed E-state index contributed by atoms with van der Waals surface area (Å²) in [6.07, 6.45) is 58.8. The van der Waals surface area contributed by atoms with Crippen LogP contribution in [-0.2, 0) is 32.7 Å². The van der Waals surface area contributed by atoms with Gasteiger partial charge in [-0.15, -0.1) is 0 Å². The van der Waals surface area contributed by atoms with E-state index in [1.807, 2.05) is 21.1 Å². The highest BCUT2D eigenvalue weighted by Crippen LogP contribution is 2.38. The number of esters is 2. The van der Waals surface area contributed by atoms with Crippen molar-refractivity contribution in [3.8, 4) is 0 Å². The summed E-state index contributed by atoms with van der Waals surface area (Å²) in [5.41, 5.74) is 0. The van der Waals surface area contributed by atoms with E-state index in [0.29, 0.717) is 17.4 Å². The highest BCUT2D eigenvalue weighted by atomic mass is 31.2. The Bertz CT molecular complexity index is 1160. The molecule has 0 aliphatic heterocycles. The third kappa shape index (κ3) is 54.1. The summed E-state index contributed by atoms with van der Waals surface area (Å²) < 4.78 is 34.0. The van der Waals surface area contributed by atoms with E-state index in [4.69, 9.17) is 18.5 Å². The van der Waals surface area contributed by atoms with Crippen molar-refractivity contribution in [2.24, 2.45) is 0 Å². The number of carbonyl (C=O) groups is 2. The van der Waals surface area contributed by atoms with E-state index in [0.717, 1.165) is 57.8 Å². The largest absolute Gasteiger partial charge is 0.756 e. The molecule has 0 amide bonds. The summed E-state index contributed by atoms with van der Waals surface area (Å²) in [4.78, 5) is 37.6. The maximum absolute atomic E-state index is 12.7. The molecule has 68 heavy (non-hydrogen) atoms. The quantitative estimate of drug-likeness (QED) is 0.0195. The first kappa shape index (κ1) is 66.8. The fourth-order valence-corrected chi connectivity index (χ4v) is 9.45. The number of rotatable bonds is 55. The molecule has 2 atom stereocenters. The third-order valence-corrected chi connectivity index (χ3v) is 14.2. The molecule has 0 aromatic heterocycles. The Balaban J connectivity index is 3.84. The van der Waals surface area contributed by atoms with Crippen molar-refractivity contribution in [1.82, 2.24) is 0 Å². The Hall–Kier alpha value is -1.25. The van der Waals surface area contributed by atoms with Gasteiger partial charge in [-0.1, -0.05) is 264 Å². The second-order valence-electron chi connectivity index (χ2n) is 21.4.